The van der Waals surface area contributed by atoms with E-state index in [4.69, 9.17) is 19.6 Å². The number of hydrogen-bond acceptors (Lipinski definition) is 4. The van der Waals surface area contributed by atoms with Gasteiger partial charge in [0.05, 0.1) is 11.2 Å². The van der Waals surface area contributed by atoms with E-state index in [1.807, 2.05) is 55.4 Å². The van der Waals surface area contributed by atoms with Crippen molar-refractivity contribution in [3.63, 3.8) is 0 Å². The van der Waals surface area contributed by atoms with Crippen LogP contribution in [0.3, 0.4) is 0 Å². The summed E-state index contributed by atoms with van der Waals surface area (Å²) in [5.74, 6) is 6.58. The van der Waals surface area contributed by atoms with Gasteiger partial charge in [-0.15, -0.1) is 0 Å². The Morgan fingerprint density at radius 2 is 0.615 bits per heavy atom. The fraction of sp³-hybridized carbons (Fsp3) is 0.909. The Bertz CT molecular complexity index is 468. The molecule has 0 aromatic heterocycles. The molecule has 0 bridgehead atoms. The Morgan fingerprint density at radius 3 is 0.769 bits per heavy atom. The van der Waals surface area contributed by atoms with E-state index in [0.29, 0.717) is 0 Å². The molecule has 0 saturated heterocycles. The SMILES string of the molecule is CC(C)(C)OOC(C)(C#CC(C)(OOC(C)(C)C)C(C)(C)C)C(C)(C)C. The van der Waals surface area contributed by atoms with Crippen LogP contribution in [0.15, 0.2) is 0 Å². The number of rotatable bonds is 4. The van der Waals surface area contributed by atoms with Crippen LogP contribution in [0.2, 0.25) is 0 Å². The third kappa shape index (κ3) is 7.96. The number of hydrogen-bond donors (Lipinski definition) is 0. The predicted octanol–water partition coefficient (Wildman–Crippen LogP) is 6.09. The summed E-state index contributed by atoms with van der Waals surface area (Å²) < 4.78 is 0. The summed E-state index contributed by atoms with van der Waals surface area (Å²) in [6.45, 7) is 28.0. The van der Waals surface area contributed by atoms with Gasteiger partial charge in [-0.25, -0.2) is 19.6 Å². The average Bonchev–Trinajstić information content (AvgIpc) is 2.36. The van der Waals surface area contributed by atoms with Crippen molar-refractivity contribution >= 4 is 0 Å². The largest absolute Gasteiger partial charge is 0.229 e. The molecule has 0 amide bonds. The highest BCUT2D eigenvalue weighted by molar-refractivity contribution is 5.25. The molecular formula is C22H42O4. The molecule has 0 aliphatic heterocycles. The van der Waals surface area contributed by atoms with Crippen molar-refractivity contribution in [2.75, 3.05) is 0 Å². The highest BCUT2D eigenvalue weighted by atomic mass is 17.2. The molecule has 0 heterocycles. The minimum Gasteiger partial charge on any atom is -0.229 e. The first kappa shape index (κ1) is 25.4. The van der Waals surface area contributed by atoms with Gasteiger partial charge in [-0.3, -0.25) is 0 Å². The van der Waals surface area contributed by atoms with E-state index in [1.165, 1.54) is 0 Å². The molecule has 0 fully saturated rings. The van der Waals surface area contributed by atoms with E-state index in [9.17, 15) is 0 Å². The summed E-state index contributed by atoms with van der Waals surface area (Å²) >= 11 is 0. The van der Waals surface area contributed by atoms with Gasteiger partial charge in [0.1, 0.15) is 0 Å². The van der Waals surface area contributed by atoms with Crippen LogP contribution in [0.1, 0.15) is 96.9 Å². The second-order valence-corrected chi connectivity index (χ2v) is 11.4. The molecule has 4 heteroatoms. The Hall–Kier alpha value is -0.600. The smallest absolute Gasteiger partial charge is 0.165 e. The van der Waals surface area contributed by atoms with Crippen molar-refractivity contribution < 1.29 is 19.6 Å². The average molecular weight is 371 g/mol. The lowest BCUT2D eigenvalue weighted by atomic mass is 9.75. The summed E-state index contributed by atoms with van der Waals surface area (Å²) in [5, 5.41) is 0. The van der Waals surface area contributed by atoms with E-state index in [2.05, 4.69) is 53.4 Å². The second-order valence-electron chi connectivity index (χ2n) is 11.4. The van der Waals surface area contributed by atoms with Crippen molar-refractivity contribution in [1.82, 2.24) is 0 Å². The molecule has 4 nitrogen and oxygen atoms in total. The molecule has 2 unspecified atom stereocenters. The third-order valence-corrected chi connectivity index (χ3v) is 4.32. The maximum atomic E-state index is 5.84. The van der Waals surface area contributed by atoms with Crippen LogP contribution in [-0.4, -0.2) is 22.4 Å². The summed E-state index contributed by atoms with van der Waals surface area (Å²) in [4.78, 5) is 22.9. The van der Waals surface area contributed by atoms with Crippen LogP contribution in [-0.2, 0) is 19.6 Å². The Balaban J connectivity index is 5.87. The van der Waals surface area contributed by atoms with E-state index in [0.717, 1.165) is 0 Å². The molecule has 0 rings (SSSR count). The first-order valence-corrected chi connectivity index (χ1v) is 9.40. The first-order chi connectivity index (χ1) is 11.1. The van der Waals surface area contributed by atoms with E-state index in [1.54, 1.807) is 0 Å². The lowest BCUT2D eigenvalue weighted by Crippen LogP contribution is -2.46. The fourth-order valence-corrected chi connectivity index (χ4v) is 1.32. The highest BCUT2D eigenvalue weighted by Crippen LogP contribution is 2.37. The third-order valence-electron chi connectivity index (χ3n) is 4.32. The van der Waals surface area contributed by atoms with Gasteiger partial charge in [-0.1, -0.05) is 53.4 Å². The molecule has 0 aromatic carbocycles. The molecule has 0 saturated carbocycles. The lowest BCUT2D eigenvalue weighted by molar-refractivity contribution is -0.405. The Kier molecular flexibility index (Phi) is 7.62. The summed E-state index contributed by atoms with van der Waals surface area (Å²) in [5.41, 5.74) is -3.03. The normalized spacial score (nSPS) is 18.5. The Morgan fingerprint density at radius 1 is 0.385 bits per heavy atom. The molecule has 154 valence electrons. The zero-order valence-electron chi connectivity index (χ0n) is 19.6. The summed E-state index contributed by atoms with van der Waals surface area (Å²) in [6, 6.07) is 0. The molecule has 0 radical (unpaired) electrons. The van der Waals surface area contributed by atoms with Gasteiger partial charge in [-0.05, 0) is 55.4 Å². The molecular weight excluding hydrogens is 328 g/mol. The second kappa shape index (κ2) is 7.80. The molecule has 26 heavy (non-hydrogen) atoms. The van der Waals surface area contributed by atoms with Crippen molar-refractivity contribution in [2.24, 2.45) is 10.8 Å². The van der Waals surface area contributed by atoms with Crippen molar-refractivity contribution in [3.8, 4) is 11.8 Å². The first-order valence-electron chi connectivity index (χ1n) is 9.40. The molecule has 0 spiro atoms. The quantitative estimate of drug-likeness (QED) is 0.341. The van der Waals surface area contributed by atoms with Crippen molar-refractivity contribution in [1.29, 1.82) is 0 Å². The van der Waals surface area contributed by atoms with Gasteiger partial charge in [0.25, 0.3) is 0 Å². The van der Waals surface area contributed by atoms with Crippen LogP contribution in [0, 0.1) is 22.7 Å². The van der Waals surface area contributed by atoms with Crippen LogP contribution < -0.4 is 0 Å². The van der Waals surface area contributed by atoms with Crippen molar-refractivity contribution in [3.05, 3.63) is 0 Å². The van der Waals surface area contributed by atoms with Gasteiger partial charge in [-0.2, -0.15) is 0 Å². The van der Waals surface area contributed by atoms with Crippen LogP contribution in [0.25, 0.3) is 0 Å². The van der Waals surface area contributed by atoms with E-state index in [-0.39, 0.29) is 10.8 Å². The Labute approximate surface area is 162 Å². The molecule has 2 atom stereocenters. The summed E-state index contributed by atoms with van der Waals surface area (Å²) in [7, 11) is 0. The van der Waals surface area contributed by atoms with Gasteiger partial charge in [0, 0.05) is 10.8 Å². The van der Waals surface area contributed by atoms with Crippen LogP contribution >= 0.6 is 0 Å². The lowest BCUT2D eigenvalue weighted by Gasteiger charge is -2.40. The van der Waals surface area contributed by atoms with Gasteiger partial charge in [0.15, 0.2) is 11.2 Å². The summed E-state index contributed by atoms with van der Waals surface area (Å²) in [6.07, 6.45) is 0. The predicted molar refractivity (Wildman–Crippen MR) is 107 cm³/mol. The maximum absolute atomic E-state index is 5.84. The van der Waals surface area contributed by atoms with Gasteiger partial charge in [0.2, 0.25) is 0 Å². The molecule has 0 aliphatic carbocycles. The van der Waals surface area contributed by atoms with Gasteiger partial charge >= 0.3 is 0 Å². The zero-order valence-corrected chi connectivity index (χ0v) is 19.6. The minimum absolute atomic E-state index is 0.269. The van der Waals surface area contributed by atoms with Gasteiger partial charge < -0.3 is 0 Å². The topological polar surface area (TPSA) is 36.9 Å². The van der Waals surface area contributed by atoms with Crippen molar-refractivity contribution in [2.45, 2.75) is 119 Å². The maximum Gasteiger partial charge on any atom is 0.165 e. The zero-order chi connectivity index (χ0) is 21.2. The van der Waals surface area contributed by atoms with E-state index >= 15 is 0 Å². The van der Waals surface area contributed by atoms with E-state index < -0.39 is 22.4 Å². The molecule has 0 aliphatic rings. The molecule has 0 aromatic rings. The monoisotopic (exact) mass is 370 g/mol. The molecule has 0 N–H and O–H groups in total. The fourth-order valence-electron chi connectivity index (χ4n) is 1.32. The van der Waals surface area contributed by atoms with Crippen LogP contribution in [0.4, 0.5) is 0 Å². The minimum atomic E-state index is -0.822. The van der Waals surface area contributed by atoms with Crippen LogP contribution in [0.5, 0.6) is 0 Å². The highest BCUT2D eigenvalue weighted by Gasteiger charge is 2.43. The standard InChI is InChI=1S/C22H42O4/c1-17(2,3)21(13,25-23-19(7,8)9)15-16-22(14,18(4,5)6)26-24-20(10,11)12/h1-14H3.